The molecule has 1 N–H and O–H groups in total. The third-order valence-corrected chi connectivity index (χ3v) is 3.54. The lowest BCUT2D eigenvalue weighted by molar-refractivity contribution is 0.173. The third-order valence-electron chi connectivity index (χ3n) is 3.24. The summed E-state index contributed by atoms with van der Waals surface area (Å²) >= 11 is 5.79. The average molecular weight is 272 g/mol. The van der Waals surface area contributed by atoms with E-state index in [2.05, 4.69) is 19.2 Å². The molecule has 2 unspecified atom stereocenters. The molecule has 0 aromatic heterocycles. The third kappa shape index (κ3) is 2.47. The Labute approximate surface area is 112 Å². The summed E-state index contributed by atoms with van der Waals surface area (Å²) in [7, 11) is 0. The molecule has 1 aromatic carbocycles. The van der Waals surface area contributed by atoms with Gasteiger partial charge in [0.15, 0.2) is 11.6 Å². The van der Waals surface area contributed by atoms with Gasteiger partial charge in [0, 0.05) is 5.56 Å². The molecule has 0 bridgehead atoms. The van der Waals surface area contributed by atoms with Gasteiger partial charge in [-0.3, -0.25) is 0 Å². The summed E-state index contributed by atoms with van der Waals surface area (Å²) in [6.45, 7) is 5.12. The molecule has 1 aliphatic rings. The van der Waals surface area contributed by atoms with Crippen LogP contribution in [0.1, 0.15) is 44.7 Å². The van der Waals surface area contributed by atoms with Crippen LogP contribution in [-0.2, 0) is 0 Å². The Morgan fingerprint density at radius 2 is 2.11 bits per heavy atom. The Hall–Kier alpha value is -0.800. The summed E-state index contributed by atoms with van der Waals surface area (Å²) in [4.78, 5) is 0. The number of rotatable bonds is 5. The molecule has 0 saturated carbocycles. The van der Waals surface area contributed by atoms with Gasteiger partial charge in [-0.2, -0.15) is 0 Å². The van der Waals surface area contributed by atoms with Gasteiger partial charge in [-0.1, -0.05) is 37.9 Å². The van der Waals surface area contributed by atoms with Crippen LogP contribution in [0.5, 0.6) is 5.75 Å². The van der Waals surface area contributed by atoms with E-state index < -0.39 is 5.82 Å². The molecule has 18 heavy (non-hydrogen) atoms. The van der Waals surface area contributed by atoms with Crippen molar-refractivity contribution in [2.75, 3.05) is 6.54 Å². The highest BCUT2D eigenvalue weighted by atomic mass is 35.5. The molecule has 100 valence electrons. The number of benzene rings is 1. The minimum Gasteiger partial charge on any atom is -0.485 e. The standard InChI is InChI=1S/C14H19ClFNO/c1-3-5-11-13(17-8-4-2)9-6-7-10(15)12(16)14(9)18-11/h6-7,11,13,17H,3-5,8H2,1-2H3. The number of fused-ring (bicyclic) bond motifs is 1. The van der Waals surface area contributed by atoms with Gasteiger partial charge in [0.05, 0.1) is 11.1 Å². The van der Waals surface area contributed by atoms with Crippen molar-refractivity contribution in [3.63, 3.8) is 0 Å². The maximum Gasteiger partial charge on any atom is 0.183 e. The van der Waals surface area contributed by atoms with Gasteiger partial charge in [-0.05, 0) is 25.5 Å². The van der Waals surface area contributed by atoms with Gasteiger partial charge >= 0.3 is 0 Å². The minimum atomic E-state index is -0.434. The predicted octanol–water partition coefficient (Wildman–Crippen LogP) is 4.08. The summed E-state index contributed by atoms with van der Waals surface area (Å²) in [5.41, 5.74) is 0.892. The summed E-state index contributed by atoms with van der Waals surface area (Å²) in [5, 5.41) is 3.56. The number of halogens is 2. The van der Waals surface area contributed by atoms with Crippen LogP contribution in [0.3, 0.4) is 0 Å². The smallest absolute Gasteiger partial charge is 0.183 e. The molecule has 0 aliphatic carbocycles. The zero-order valence-electron chi connectivity index (χ0n) is 10.8. The van der Waals surface area contributed by atoms with E-state index in [1.807, 2.05) is 6.07 Å². The molecule has 0 fully saturated rings. The first-order chi connectivity index (χ1) is 8.69. The van der Waals surface area contributed by atoms with Crippen LogP contribution in [0, 0.1) is 5.82 Å². The second-order valence-electron chi connectivity index (χ2n) is 4.66. The number of hydrogen-bond acceptors (Lipinski definition) is 2. The normalized spacial score (nSPS) is 21.8. The number of ether oxygens (including phenoxy) is 1. The van der Waals surface area contributed by atoms with Crippen molar-refractivity contribution in [2.24, 2.45) is 0 Å². The largest absolute Gasteiger partial charge is 0.485 e. The molecule has 0 amide bonds. The molecular formula is C14H19ClFNO. The Balaban J connectivity index is 2.29. The summed E-state index contributed by atoms with van der Waals surface area (Å²) in [6.07, 6.45) is 2.97. The molecule has 1 heterocycles. The molecule has 2 atom stereocenters. The van der Waals surface area contributed by atoms with Crippen LogP contribution in [-0.4, -0.2) is 12.6 Å². The lowest BCUT2D eigenvalue weighted by Crippen LogP contribution is -2.31. The fourth-order valence-electron chi connectivity index (χ4n) is 2.38. The van der Waals surface area contributed by atoms with Crippen LogP contribution in [0.4, 0.5) is 4.39 Å². The van der Waals surface area contributed by atoms with E-state index in [4.69, 9.17) is 16.3 Å². The minimum absolute atomic E-state index is 0.00418. The molecule has 1 aliphatic heterocycles. The van der Waals surface area contributed by atoms with E-state index >= 15 is 0 Å². The fourth-order valence-corrected chi connectivity index (χ4v) is 2.53. The van der Waals surface area contributed by atoms with Crippen LogP contribution < -0.4 is 10.1 Å². The van der Waals surface area contributed by atoms with Crippen LogP contribution in [0.15, 0.2) is 12.1 Å². The Kier molecular flexibility index (Phi) is 4.46. The SMILES string of the molecule is CCCNC1c2ccc(Cl)c(F)c2OC1CCC. The molecular weight excluding hydrogens is 253 g/mol. The second-order valence-corrected chi connectivity index (χ2v) is 5.06. The van der Waals surface area contributed by atoms with Crippen molar-refractivity contribution in [1.82, 2.24) is 5.32 Å². The summed E-state index contributed by atoms with van der Waals surface area (Å²) < 4.78 is 19.7. The molecule has 1 aromatic rings. The monoisotopic (exact) mass is 271 g/mol. The molecule has 4 heteroatoms. The van der Waals surface area contributed by atoms with E-state index in [0.29, 0.717) is 5.75 Å². The van der Waals surface area contributed by atoms with Crippen molar-refractivity contribution < 1.29 is 9.13 Å². The number of nitrogens with one attached hydrogen (secondary N) is 1. The quantitative estimate of drug-likeness (QED) is 0.871. The second kappa shape index (κ2) is 5.89. The molecule has 0 saturated heterocycles. The van der Waals surface area contributed by atoms with Crippen molar-refractivity contribution in [2.45, 2.75) is 45.3 Å². The van der Waals surface area contributed by atoms with Crippen LogP contribution >= 0.6 is 11.6 Å². The topological polar surface area (TPSA) is 21.3 Å². The molecule has 2 rings (SSSR count). The zero-order chi connectivity index (χ0) is 13.1. The summed E-state index contributed by atoms with van der Waals surface area (Å²) in [6, 6.07) is 3.55. The Morgan fingerprint density at radius 1 is 1.33 bits per heavy atom. The van der Waals surface area contributed by atoms with Crippen molar-refractivity contribution in [3.8, 4) is 5.75 Å². The van der Waals surface area contributed by atoms with Gasteiger partial charge in [-0.15, -0.1) is 0 Å². The maximum atomic E-state index is 13.9. The highest BCUT2D eigenvalue weighted by Crippen LogP contribution is 2.42. The highest BCUT2D eigenvalue weighted by molar-refractivity contribution is 6.30. The molecule has 2 nitrogen and oxygen atoms in total. The van der Waals surface area contributed by atoms with Gasteiger partial charge in [-0.25, -0.2) is 4.39 Å². The van der Waals surface area contributed by atoms with Crippen molar-refractivity contribution >= 4 is 11.6 Å². The molecule has 0 spiro atoms. The Bertz CT molecular complexity index is 425. The number of hydrogen-bond donors (Lipinski definition) is 1. The highest BCUT2D eigenvalue weighted by Gasteiger charge is 2.35. The van der Waals surface area contributed by atoms with Crippen LogP contribution in [0.25, 0.3) is 0 Å². The van der Waals surface area contributed by atoms with Gasteiger partial charge < -0.3 is 10.1 Å². The van der Waals surface area contributed by atoms with E-state index in [0.717, 1.165) is 31.4 Å². The Morgan fingerprint density at radius 3 is 2.78 bits per heavy atom. The lowest BCUT2D eigenvalue weighted by atomic mass is 10.0. The first-order valence-electron chi connectivity index (χ1n) is 6.57. The van der Waals surface area contributed by atoms with Gasteiger partial charge in [0.1, 0.15) is 6.10 Å². The molecule has 0 radical (unpaired) electrons. The maximum absolute atomic E-state index is 13.9. The first-order valence-corrected chi connectivity index (χ1v) is 6.94. The predicted molar refractivity (Wildman–Crippen MR) is 71.8 cm³/mol. The van der Waals surface area contributed by atoms with Crippen molar-refractivity contribution in [3.05, 3.63) is 28.5 Å². The van der Waals surface area contributed by atoms with Crippen LogP contribution in [0.2, 0.25) is 5.02 Å². The zero-order valence-corrected chi connectivity index (χ0v) is 11.6. The first kappa shape index (κ1) is 13.6. The lowest BCUT2D eigenvalue weighted by Gasteiger charge is -2.19. The van der Waals surface area contributed by atoms with E-state index in [1.54, 1.807) is 6.07 Å². The van der Waals surface area contributed by atoms with E-state index in [9.17, 15) is 4.39 Å². The van der Waals surface area contributed by atoms with Gasteiger partial charge in [0.25, 0.3) is 0 Å². The van der Waals surface area contributed by atoms with Crippen molar-refractivity contribution in [1.29, 1.82) is 0 Å². The van der Waals surface area contributed by atoms with E-state index in [1.165, 1.54) is 0 Å². The summed E-state index contributed by atoms with van der Waals surface area (Å²) in [5.74, 6) is -0.106. The average Bonchev–Trinajstić information content (AvgIpc) is 2.71. The van der Waals surface area contributed by atoms with E-state index in [-0.39, 0.29) is 17.2 Å². The fraction of sp³-hybridized carbons (Fsp3) is 0.571. The van der Waals surface area contributed by atoms with Gasteiger partial charge in [0.2, 0.25) is 0 Å².